The second-order valence-electron chi connectivity index (χ2n) is 8.59. The summed E-state index contributed by atoms with van der Waals surface area (Å²) in [7, 11) is 0. The van der Waals surface area contributed by atoms with Crippen LogP contribution in [0, 0.1) is 13.8 Å². The van der Waals surface area contributed by atoms with Gasteiger partial charge in [-0.1, -0.05) is 6.07 Å². The van der Waals surface area contributed by atoms with Gasteiger partial charge in [0.25, 0.3) is 5.91 Å². The van der Waals surface area contributed by atoms with Gasteiger partial charge in [0.1, 0.15) is 29.4 Å². The maximum atomic E-state index is 12.5. The van der Waals surface area contributed by atoms with E-state index >= 15 is 0 Å². The molecule has 2 aromatic heterocycles. The van der Waals surface area contributed by atoms with Crippen molar-refractivity contribution >= 4 is 28.3 Å². The van der Waals surface area contributed by atoms with Crippen LogP contribution in [-0.4, -0.2) is 45.5 Å². The summed E-state index contributed by atoms with van der Waals surface area (Å²) in [5.74, 6) is 2.61. The Labute approximate surface area is 203 Å². The number of amides is 1. The summed E-state index contributed by atoms with van der Waals surface area (Å²) in [5.41, 5.74) is 3.48. The molecule has 3 heterocycles. The molecule has 178 valence electrons. The summed E-state index contributed by atoms with van der Waals surface area (Å²) in [6.45, 7) is 5.51. The van der Waals surface area contributed by atoms with E-state index in [0.717, 1.165) is 59.5 Å². The predicted octanol–water partition coefficient (Wildman–Crippen LogP) is 5.18. The number of pyridine rings is 1. The normalized spacial score (nSPS) is 13.1. The van der Waals surface area contributed by atoms with Crippen molar-refractivity contribution in [2.45, 2.75) is 26.7 Å². The molecule has 1 aliphatic heterocycles. The van der Waals surface area contributed by atoms with E-state index in [1.54, 1.807) is 6.20 Å². The average Bonchev–Trinajstić information content (AvgIpc) is 3.41. The van der Waals surface area contributed by atoms with E-state index in [4.69, 9.17) is 9.47 Å². The van der Waals surface area contributed by atoms with Crippen molar-refractivity contribution in [1.82, 2.24) is 19.9 Å². The minimum atomic E-state index is -0.00748. The molecule has 0 saturated carbocycles. The average molecular weight is 470 g/mol. The molecule has 1 amide bonds. The Morgan fingerprint density at radius 3 is 2.63 bits per heavy atom. The molecule has 0 spiro atoms. The quantitative estimate of drug-likeness (QED) is 0.399. The Morgan fingerprint density at radius 2 is 1.86 bits per heavy atom. The topological polar surface area (TPSA) is 89.5 Å². The molecular formula is C27H27N5O3. The molecule has 5 rings (SSSR count). The first-order chi connectivity index (χ1) is 17.1. The van der Waals surface area contributed by atoms with Crippen LogP contribution in [0.3, 0.4) is 0 Å². The van der Waals surface area contributed by atoms with E-state index < -0.39 is 0 Å². The van der Waals surface area contributed by atoms with Gasteiger partial charge in [0, 0.05) is 24.5 Å². The number of fused-ring (bicyclic) bond motifs is 1. The standard InChI is InChI=1S/C27H27N5O3/c1-18-14-20(9-11-23(18)35-21-10-8-19(2)28-15-21)31-27-26-22(29-17-30-27)6-5-7-24(26)34-16-25(33)32-12-3-4-13-32/h5-11,14-15,17H,3-4,12-13,16H2,1-2H3,(H,29,30,31). The van der Waals surface area contributed by atoms with Gasteiger partial charge < -0.3 is 19.7 Å². The largest absolute Gasteiger partial charge is 0.483 e. The zero-order chi connectivity index (χ0) is 24.2. The van der Waals surface area contributed by atoms with E-state index in [-0.39, 0.29) is 12.5 Å². The molecule has 0 unspecified atom stereocenters. The molecule has 1 saturated heterocycles. The third-order valence-corrected chi connectivity index (χ3v) is 5.98. The zero-order valence-corrected chi connectivity index (χ0v) is 19.8. The zero-order valence-electron chi connectivity index (χ0n) is 19.8. The van der Waals surface area contributed by atoms with Crippen LogP contribution in [0.2, 0.25) is 0 Å². The van der Waals surface area contributed by atoms with E-state index in [1.165, 1.54) is 6.33 Å². The highest BCUT2D eigenvalue weighted by molar-refractivity contribution is 5.96. The molecule has 2 aromatic carbocycles. The fraction of sp³-hybridized carbons (Fsp3) is 0.259. The van der Waals surface area contributed by atoms with Crippen molar-refractivity contribution < 1.29 is 14.3 Å². The minimum Gasteiger partial charge on any atom is -0.483 e. The number of anilines is 2. The van der Waals surface area contributed by atoms with Crippen LogP contribution in [0.1, 0.15) is 24.1 Å². The van der Waals surface area contributed by atoms with Crippen LogP contribution in [0.15, 0.2) is 61.1 Å². The summed E-state index contributed by atoms with van der Waals surface area (Å²) in [5, 5.41) is 4.10. The van der Waals surface area contributed by atoms with Crippen molar-refractivity contribution in [2.75, 3.05) is 25.0 Å². The Hall–Kier alpha value is -4.20. The second-order valence-corrected chi connectivity index (χ2v) is 8.59. The molecule has 1 fully saturated rings. The summed E-state index contributed by atoms with van der Waals surface area (Å²) in [6.07, 6.45) is 5.32. The lowest BCUT2D eigenvalue weighted by Crippen LogP contribution is -2.32. The highest BCUT2D eigenvalue weighted by atomic mass is 16.5. The van der Waals surface area contributed by atoms with E-state index in [9.17, 15) is 4.79 Å². The van der Waals surface area contributed by atoms with Crippen LogP contribution >= 0.6 is 0 Å². The maximum Gasteiger partial charge on any atom is 0.260 e. The van der Waals surface area contributed by atoms with E-state index in [1.807, 2.05) is 67.3 Å². The molecule has 1 N–H and O–H groups in total. The summed E-state index contributed by atoms with van der Waals surface area (Å²) in [6, 6.07) is 15.2. The van der Waals surface area contributed by atoms with E-state index in [2.05, 4.69) is 20.3 Å². The van der Waals surface area contributed by atoms with Crippen molar-refractivity contribution in [3.05, 3.63) is 72.3 Å². The monoisotopic (exact) mass is 469 g/mol. The number of ether oxygens (including phenoxy) is 2. The number of hydrogen-bond donors (Lipinski definition) is 1. The lowest BCUT2D eigenvalue weighted by molar-refractivity contribution is -0.132. The first-order valence-electron chi connectivity index (χ1n) is 11.7. The number of aromatic nitrogens is 3. The van der Waals surface area contributed by atoms with Crippen molar-refractivity contribution in [3.8, 4) is 17.2 Å². The number of likely N-dealkylation sites (tertiary alicyclic amines) is 1. The number of nitrogens with zero attached hydrogens (tertiary/aromatic N) is 4. The molecule has 8 nitrogen and oxygen atoms in total. The number of carbonyl (C=O) groups is 1. The molecule has 0 radical (unpaired) electrons. The van der Waals surface area contributed by atoms with Gasteiger partial charge in [-0.3, -0.25) is 9.78 Å². The molecule has 0 bridgehead atoms. The van der Waals surface area contributed by atoms with Gasteiger partial charge in [-0.15, -0.1) is 0 Å². The number of carbonyl (C=O) groups excluding carboxylic acids is 1. The molecule has 1 aliphatic rings. The first-order valence-corrected chi connectivity index (χ1v) is 11.7. The maximum absolute atomic E-state index is 12.5. The lowest BCUT2D eigenvalue weighted by Gasteiger charge is -2.17. The Kier molecular flexibility index (Phi) is 6.43. The van der Waals surface area contributed by atoms with Gasteiger partial charge in [-0.2, -0.15) is 0 Å². The van der Waals surface area contributed by atoms with Gasteiger partial charge in [0.2, 0.25) is 0 Å². The highest BCUT2D eigenvalue weighted by Gasteiger charge is 2.19. The lowest BCUT2D eigenvalue weighted by atomic mass is 10.1. The van der Waals surface area contributed by atoms with Crippen molar-refractivity contribution in [3.63, 3.8) is 0 Å². The first kappa shape index (κ1) is 22.6. The predicted molar refractivity (Wildman–Crippen MR) is 134 cm³/mol. The molecule has 0 atom stereocenters. The fourth-order valence-corrected chi connectivity index (χ4v) is 4.11. The number of benzene rings is 2. The van der Waals surface area contributed by atoms with E-state index in [0.29, 0.717) is 17.3 Å². The Balaban J connectivity index is 1.36. The number of hydrogen-bond acceptors (Lipinski definition) is 7. The fourth-order valence-electron chi connectivity index (χ4n) is 4.11. The van der Waals surface area contributed by atoms with Crippen molar-refractivity contribution in [1.29, 1.82) is 0 Å². The number of nitrogens with one attached hydrogen (secondary N) is 1. The van der Waals surface area contributed by atoms with Gasteiger partial charge in [0.15, 0.2) is 6.61 Å². The third-order valence-electron chi connectivity index (χ3n) is 5.98. The highest BCUT2D eigenvalue weighted by Crippen LogP contribution is 2.33. The van der Waals surface area contributed by atoms with Crippen LogP contribution in [0.5, 0.6) is 17.2 Å². The molecule has 35 heavy (non-hydrogen) atoms. The molecule has 4 aromatic rings. The minimum absolute atomic E-state index is 0.000789. The molecule has 0 aliphatic carbocycles. The smallest absolute Gasteiger partial charge is 0.260 e. The Morgan fingerprint density at radius 1 is 1.00 bits per heavy atom. The van der Waals surface area contributed by atoms with Gasteiger partial charge in [-0.05, 0) is 74.7 Å². The third kappa shape index (κ3) is 5.16. The van der Waals surface area contributed by atoms with Gasteiger partial charge >= 0.3 is 0 Å². The molecular weight excluding hydrogens is 442 g/mol. The summed E-state index contributed by atoms with van der Waals surface area (Å²) >= 11 is 0. The van der Waals surface area contributed by atoms with Crippen LogP contribution < -0.4 is 14.8 Å². The van der Waals surface area contributed by atoms with Gasteiger partial charge in [0.05, 0.1) is 17.1 Å². The van der Waals surface area contributed by atoms with Crippen LogP contribution in [0.4, 0.5) is 11.5 Å². The molecule has 8 heteroatoms. The van der Waals surface area contributed by atoms with Gasteiger partial charge in [-0.25, -0.2) is 9.97 Å². The van der Waals surface area contributed by atoms with Crippen LogP contribution in [-0.2, 0) is 4.79 Å². The number of aryl methyl sites for hydroxylation is 2. The van der Waals surface area contributed by atoms with Crippen molar-refractivity contribution in [2.24, 2.45) is 0 Å². The SMILES string of the molecule is Cc1ccc(Oc2ccc(Nc3ncnc4cccc(OCC(=O)N5CCCC5)c34)cc2C)cn1. The van der Waals surface area contributed by atoms with Crippen LogP contribution in [0.25, 0.3) is 10.9 Å². The second kappa shape index (κ2) is 9.97. The number of rotatable bonds is 7. The summed E-state index contributed by atoms with van der Waals surface area (Å²) in [4.78, 5) is 27.4. The Bertz CT molecular complexity index is 1350. The summed E-state index contributed by atoms with van der Waals surface area (Å²) < 4.78 is 11.9.